The Morgan fingerprint density at radius 3 is 2.36 bits per heavy atom. The van der Waals surface area contributed by atoms with E-state index in [4.69, 9.17) is 9.47 Å². The van der Waals surface area contributed by atoms with Crippen molar-refractivity contribution in [2.75, 3.05) is 26.1 Å². The minimum atomic E-state index is -0.279. The quantitative estimate of drug-likeness (QED) is 0.809. The summed E-state index contributed by atoms with van der Waals surface area (Å²) in [4.78, 5) is 15.0. The largest absolute Gasteiger partial charge is 0.493 e. The Labute approximate surface area is 151 Å². The summed E-state index contributed by atoms with van der Waals surface area (Å²) in [5, 5.41) is 3.36. The highest BCUT2D eigenvalue weighted by atomic mass is 16.5. The third-order valence-electron chi connectivity index (χ3n) is 5.11. The van der Waals surface area contributed by atoms with Gasteiger partial charge >= 0.3 is 0 Å². The van der Waals surface area contributed by atoms with E-state index in [-0.39, 0.29) is 11.9 Å². The molecule has 25 heavy (non-hydrogen) atoms. The summed E-state index contributed by atoms with van der Waals surface area (Å²) in [5.41, 5.74) is 1.93. The first-order valence-corrected chi connectivity index (χ1v) is 9.31. The molecule has 140 valence electrons. The minimum absolute atomic E-state index is 0.170. The number of aryl methyl sites for hydroxylation is 1. The van der Waals surface area contributed by atoms with Crippen LogP contribution in [0, 0.1) is 6.92 Å². The average Bonchev–Trinajstić information content (AvgIpc) is 2.64. The number of carbonyl (C=O) groups excluding carboxylic acids is 1. The van der Waals surface area contributed by atoms with E-state index in [1.54, 1.807) is 14.2 Å². The van der Waals surface area contributed by atoms with Crippen molar-refractivity contribution < 1.29 is 14.3 Å². The predicted octanol–water partition coefficient (Wildman–Crippen LogP) is 3.99. The second kappa shape index (κ2) is 8.97. The number of anilines is 1. The Morgan fingerprint density at radius 2 is 1.80 bits per heavy atom. The molecule has 5 heteroatoms. The molecule has 1 aliphatic rings. The van der Waals surface area contributed by atoms with Crippen molar-refractivity contribution in [3.05, 3.63) is 17.7 Å². The van der Waals surface area contributed by atoms with Gasteiger partial charge in [-0.05, 0) is 45.2 Å². The fourth-order valence-corrected chi connectivity index (χ4v) is 3.67. The molecule has 1 amide bonds. The second-order valence-electron chi connectivity index (χ2n) is 6.80. The van der Waals surface area contributed by atoms with Crippen LogP contribution in [-0.2, 0) is 4.79 Å². The van der Waals surface area contributed by atoms with Crippen LogP contribution in [0.3, 0.4) is 0 Å². The van der Waals surface area contributed by atoms with Crippen LogP contribution in [0.4, 0.5) is 5.69 Å². The van der Waals surface area contributed by atoms with Crippen LogP contribution in [0.25, 0.3) is 0 Å². The highest BCUT2D eigenvalue weighted by molar-refractivity contribution is 5.85. The molecule has 0 spiro atoms. The molecular weight excluding hydrogens is 316 g/mol. The van der Waals surface area contributed by atoms with E-state index in [1.807, 2.05) is 30.9 Å². The molecule has 5 nitrogen and oxygen atoms in total. The van der Waals surface area contributed by atoms with Gasteiger partial charge in [0.1, 0.15) is 6.04 Å². The lowest BCUT2D eigenvalue weighted by Crippen LogP contribution is -2.47. The first-order valence-electron chi connectivity index (χ1n) is 9.31. The zero-order valence-electron chi connectivity index (χ0n) is 16.2. The smallest absolute Gasteiger partial charge is 0.245 e. The molecule has 0 radical (unpaired) electrons. The standard InChI is InChI=1S/C20H32N2O3/c1-6-22(16-10-8-7-9-11-16)20(23)15(3)21-17-13-19(25-5)18(24-4)12-14(17)2/h12-13,15-16,21H,6-11H2,1-5H3/t15-/m0/s1. The molecule has 0 aliphatic heterocycles. The summed E-state index contributed by atoms with van der Waals surface area (Å²) < 4.78 is 10.7. The van der Waals surface area contributed by atoms with Crippen LogP contribution >= 0.6 is 0 Å². The van der Waals surface area contributed by atoms with Crippen LogP contribution in [0.5, 0.6) is 11.5 Å². The highest BCUT2D eigenvalue weighted by Crippen LogP contribution is 2.33. The molecule has 1 N–H and O–H groups in total. The summed E-state index contributed by atoms with van der Waals surface area (Å²) in [5.74, 6) is 1.53. The van der Waals surface area contributed by atoms with E-state index in [9.17, 15) is 4.79 Å². The van der Waals surface area contributed by atoms with Gasteiger partial charge in [-0.3, -0.25) is 4.79 Å². The average molecular weight is 348 g/mol. The van der Waals surface area contributed by atoms with Crippen LogP contribution in [0.2, 0.25) is 0 Å². The summed E-state index contributed by atoms with van der Waals surface area (Å²) in [7, 11) is 3.24. The van der Waals surface area contributed by atoms with Crippen molar-refractivity contribution in [3.63, 3.8) is 0 Å². The van der Waals surface area contributed by atoms with Gasteiger partial charge in [0.15, 0.2) is 11.5 Å². The van der Waals surface area contributed by atoms with Gasteiger partial charge in [-0.1, -0.05) is 19.3 Å². The normalized spacial score (nSPS) is 16.2. The summed E-state index contributed by atoms with van der Waals surface area (Å²) in [6.07, 6.45) is 6.00. The number of nitrogens with one attached hydrogen (secondary N) is 1. The third-order valence-corrected chi connectivity index (χ3v) is 5.11. The van der Waals surface area contributed by atoms with Crippen LogP contribution in [-0.4, -0.2) is 43.7 Å². The highest BCUT2D eigenvalue weighted by Gasteiger charge is 2.27. The lowest BCUT2D eigenvalue weighted by molar-refractivity contribution is -0.134. The molecule has 1 aromatic rings. The van der Waals surface area contributed by atoms with Gasteiger partial charge in [0.2, 0.25) is 5.91 Å². The Bertz CT molecular complexity index is 583. The van der Waals surface area contributed by atoms with Crippen molar-refractivity contribution >= 4 is 11.6 Å². The Hall–Kier alpha value is -1.91. The molecule has 1 fully saturated rings. The SMILES string of the molecule is CCN(C(=O)[C@H](C)Nc1cc(OC)c(OC)cc1C)C1CCCCC1. The van der Waals surface area contributed by atoms with E-state index < -0.39 is 0 Å². The van der Waals surface area contributed by atoms with E-state index in [0.717, 1.165) is 30.6 Å². The zero-order chi connectivity index (χ0) is 18.4. The number of likely N-dealkylation sites (N-methyl/N-ethyl adjacent to an activating group) is 1. The maximum Gasteiger partial charge on any atom is 0.245 e. The van der Waals surface area contributed by atoms with Crippen molar-refractivity contribution in [3.8, 4) is 11.5 Å². The minimum Gasteiger partial charge on any atom is -0.493 e. The number of rotatable bonds is 7. The van der Waals surface area contributed by atoms with Crippen LogP contribution < -0.4 is 14.8 Å². The van der Waals surface area contributed by atoms with E-state index in [1.165, 1.54) is 19.3 Å². The van der Waals surface area contributed by atoms with E-state index >= 15 is 0 Å². The zero-order valence-corrected chi connectivity index (χ0v) is 16.2. The molecule has 1 aliphatic carbocycles. The first kappa shape index (κ1) is 19.4. The molecule has 0 unspecified atom stereocenters. The van der Waals surface area contributed by atoms with Crippen LogP contribution in [0.15, 0.2) is 12.1 Å². The summed E-state index contributed by atoms with van der Waals surface area (Å²) in [6.45, 7) is 6.77. The lowest BCUT2D eigenvalue weighted by atomic mass is 9.94. The van der Waals surface area contributed by atoms with Crippen molar-refractivity contribution in [1.82, 2.24) is 4.90 Å². The number of hydrogen-bond acceptors (Lipinski definition) is 4. The molecule has 1 aromatic carbocycles. The van der Waals surface area contributed by atoms with Gasteiger partial charge in [0, 0.05) is 24.3 Å². The Kier molecular flexibility index (Phi) is 6.97. The Morgan fingerprint density at radius 1 is 1.20 bits per heavy atom. The molecule has 0 saturated heterocycles. The molecule has 2 rings (SSSR count). The molecule has 0 heterocycles. The number of carbonyl (C=O) groups is 1. The maximum absolute atomic E-state index is 13.0. The van der Waals surface area contributed by atoms with Gasteiger partial charge in [0.05, 0.1) is 14.2 Å². The fourth-order valence-electron chi connectivity index (χ4n) is 3.67. The molecule has 0 aromatic heterocycles. The Balaban J connectivity index is 2.12. The van der Waals surface area contributed by atoms with Crippen molar-refractivity contribution in [1.29, 1.82) is 0 Å². The molecular formula is C20H32N2O3. The van der Waals surface area contributed by atoms with Crippen molar-refractivity contribution in [2.24, 2.45) is 0 Å². The van der Waals surface area contributed by atoms with Gasteiger partial charge in [-0.2, -0.15) is 0 Å². The fraction of sp³-hybridized carbons (Fsp3) is 0.650. The number of methoxy groups -OCH3 is 2. The van der Waals surface area contributed by atoms with E-state index in [2.05, 4.69) is 12.2 Å². The summed E-state index contributed by atoms with van der Waals surface area (Å²) >= 11 is 0. The monoisotopic (exact) mass is 348 g/mol. The number of hydrogen-bond donors (Lipinski definition) is 1. The van der Waals surface area contributed by atoms with Gasteiger partial charge in [-0.25, -0.2) is 0 Å². The maximum atomic E-state index is 13.0. The van der Waals surface area contributed by atoms with Gasteiger partial charge < -0.3 is 19.7 Å². The summed E-state index contributed by atoms with van der Waals surface area (Å²) in [6, 6.07) is 3.94. The second-order valence-corrected chi connectivity index (χ2v) is 6.80. The van der Waals surface area contributed by atoms with E-state index in [0.29, 0.717) is 17.5 Å². The number of ether oxygens (including phenoxy) is 2. The van der Waals surface area contributed by atoms with Crippen molar-refractivity contribution in [2.45, 2.75) is 65.0 Å². The third kappa shape index (κ3) is 4.59. The lowest BCUT2D eigenvalue weighted by Gasteiger charge is -2.35. The molecule has 1 atom stereocenters. The van der Waals surface area contributed by atoms with Gasteiger partial charge in [0.25, 0.3) is 0 Å². The molecule has 1 saturated carbocycles. The van der Waals surface area contributed by atoms with Gasteiger partial charge in [-0.15, -0.1) is 0 Å². The van der Waals surface area contributed by atoms with Crippen LogP contribution in [0.1, 0.15) is 51.5 Å². The predicted molar refractivity (Wildman–Crippen MR) is 102 cm³/mol. The molecule has 0 bridgehead atoms. The first-order chi connectivity index (χ1) is 12.0. The topological polar surface area (TPSA) is 50.8 Å². The number of benzene rings is 1. The number of nitrogens with zero attached hydrogens (tertiary/aromatic N) is 1. The number of amides is 1.